The van der Waals surface area contributed by atoms with Gasteiger partial charge in [0.25, 0.3) is 0 Å². The molecule has 1 aliphatic rings. The van der Waals surface area contributed by atoms with Crippen molar-refractivity contribution in [2.45, 2.75) is 12.8 Å². The van der Waals surface area contributed by atoms with Crippen LogP contribution in [-0.2, 0) is 0 Å². The zero-order valence-corrected chi connectivity index (χ0v) is 8.44. The molecule has 0 aliphatic carbocycles. The van der Waals surface area contributed by atoms with Crippen molar-refractivity contribution in [1.29, 1.82) is 0 Å². The van der Waals surface area contributed by atoms with E-state index >= 15 is 0 Å². The highest BCUT2D eigenvalue weighted by Crippen LogP contribution is 2.27. The van der Waals surface area contributed by atoms with E-state index in [1.165, 1.54) is 18.9 Å². The number of carboxylic acid groups (broad SMARTS) is 1. The molecule has 1 saturated heterocycles. The molecule has 4 heteroatoms. The van der Waals surface area contributed by atoms with E-state index in [-0.39, 0.29) is 5.56 Å². The van der Waals surface area contributed by atoms with Gasteiger partial charge in [0.15, 0.2) is 0 Å². The molecule has 1 aromatic rings. The summed E-state index contributed by atoms with van der Waals surface area (Å²) in [4.78, 5) is 12.9. The lowest BCUT2D eigenvalue weighted by Crippen LogP contribution is -2.19. The van der Waals surface area contributed by atoms with Gasteiger partial charge in [0.2, 0.25) is 0 Å². The summed E-state index contributed by atoms with van der Waals surface area (Å²) in [7, 11) is 0. The second kappa shape index (κ2) is 3.81. The molecule has 80 valence electrons. The summed E-state index contributed by atoms with van der Waals surface area (Å²) < 4.78 is 0. The molecule has 3 N–H and O–H groups in total. The van der Waals surface area contributed by atoms with E-state index < -0.39 is 5.97 Å². The number of rotatable bonds is 2. The van der Waals surface area contributed by atoms with Crippen LogP contribution in [0.25, 0.3) is 0 Å². The molecule has 0 atom stereocenters. The standard InChI is InChI=1S/C11H14N2O2/c12-9-7-8(11(14)15)3-4-10(9)13-5-1-2-6-13/h3-4,7H,1-2,5-6,12H2,(H,14,15). The number of carboxylic acids is 1. The molecule has 0 spiro atoms. The largest absolute Gasteiger partial charge is 0.478 e. The molecule has 4 nitrogen and oxygen atoms in total. The van der Waals surface area contributed by atoms with Crippen molar-refractivity contribution in [2.75, 3.05) is 23.7 Å². The van der Waals surface area contributed by atoms with Crippen molar-refractivity contribution in [3.05, 3.63) is 23.8 Å². The molecule has 0 amide bonds. The molecular weight excluding hydrogens is 192 g/mol. The highest BCUT2D eigenvalue weighted by molar-refractivity contribution is 5.90. The summed E-state index contributed by atoms with van der Waals surface area (Å²) in [5.74, 6) is -0.935. The third-order valence-corrected chi connectivity index (χ3v) is 2.72. The number of hydrogen-bond donors (Lipinski definition) is 2. The lowest BCUT2D eigenvalue weighted by Gasteiger charge is -2.19. The molecule has 0 saturated carbocycles. The Labute approximate surface area is 88.3 Å². The normalized spacial score (nSPS) is 15.6. The molecule has 15 heavy (non-hydrogen) atoms. The first-order valence-electron chi connectivity index (χ1n) is 5.06. The van der Waals surface area contributed by atoms with Crippen molar-refractivity contribution in [1.82, 2.24) is 0 Å². The topological polar surface area (TPSA) is 66.6 Å². The van der Waals surface area contributed by atoms with Gasteiger partial charge in [-0.05, 0) is 31.0 Å². The van der Waals surface area contributed by atoms with E-state index in [9.17, 15) is 4.79 Å². The predicted molar refractivity (Wildman–Crippen MR) is 59.3 cm³/mol. The number of hydrogen-bond acceptors (Lipinski definition) is 3. The summed E-state index contributed by atoms with van der Waals surface area (Å²) >= 11 is 0. The zero-order chi connectivity index (χ0) is 10.8. The Bertz CT molecular complexity index is 384. The number of benzene rings is 1. The van der Waals surface area contributed by atoms with Crippen LogP contribution in [0, 0.1) is 0 Å². The van der Waals surface area contributed by atoms with Gasteiger partial charge in [0.1, 0.15) is 0 Å². The van der Waals surface area contributed by atoms with Crippen LogP contribution in [0.15, 0.2) is 18.2 Å². The minimum Gasteiger partial charge on any atom is -0.478 e. The highest BCUT2D eigenvalue weighted by atomic mass is 16.4. The van der Waals surface area contributed by atoms with E-state index in [1.54, 1.807) is 12.1 Å². The lowest BCUT2D eigenvalue weighted by molar-refractivity contribution is 0.0697. The fourth-order valence-electron chi connectivity index (χ4n) is 1.93. The van der Waals surface area contributed by atoms with Gasteiger partial charge in [-0.15, -0.1) is 0 Å². The van der Waals surface area contributed by atoms with E-state index in [0.717, 1.165) is 18.8 Å². The van der Waals surface area contributed by atoms with Gasteiger partial charge in [0.05, 0.1) is 16.9 Å². The molecule has 0 radical (unpaired) electrons. The van der Waals surface area contributed by atoms with Crippen LogP contribution in [0.2, 0.25) is 0 Å². The lowest BCUT2D eigenvalue weighted by atomic mass is 10.1. The van der Waals surface area contributed by atoms with Crippen LogP contribution < -0.4 is 10.6 Å². The summed E-state index contributed by atoms with van der Waals surface area (Å²) in [6.07, 6.45) is 2.36. The molecule has 1 heterocycles. The van der Waals surface area contributed by atoms with Crippen LogP contribution in [0.1, 0.15) is 23.2 Å². The van der Waals surface area contributed by atoms with Gasteiger partial charge in [-0.2, -0.15) is 0 Å². The maximum absolute atomic E-state index is 10.7. The van der Waals surface area contributed by atoms with Crippen LogP contribution in [0.4, 0.5) is 11.4 Å². The number of nitrogen functional groups attached to an aromatic ring is 1. The van der Waals surface area contributed by atoms with Gasteiger partial charge < -0.3 is 15.7 Å². The maximum Gasteiger partial charge on any atom is 0.335 e. The highest BCUT2D eigenvalue weighted by Gasteiger charge is 2.15. The molecular formula is C11H14N2O2. The van der Waals surface area contributed by atoms with Gasteiger partial charge >= 0.3 is 5.97 Å². The van der Waals surface area contributed by atoms with Gasteiger partial charge in [0, 0.05) is 13.1 Å². The van der Waals surface area contributed by atoms with Crippen molar-refractivity contribution in [3.63, 3.8) is 0 Å². The van der Waals surface area contributed by atoms with Gasteiger partial charge in [-0.3, -0.25) is 0 Å². The number of anilines is 2. The Balaban J connectivity index is 2.29. The number of carbonyl (C=O) groups is 1. The van der Waals surface area contributed by atoms with Gasteiger partial charge in [-0.25, -0.2) is 4.79 Å². The minimum absolute atomic E-state index is 0.246. The van der Waals surface area contributed by atoms with E-state index in [2.05, 4.69) is 4.90 Å². The van der Waals surface area contributed by atoms with E-state index in [0.29, 0.717) is 5.69 Å². The second-order valence-corrected chi connectivity index (χ2v) is 3.77. The summed E-state index contributed by atoms with van der Waals surface area (Å²) in [6, 6.07) is 4.92. The first kappa shape index (κ1) is 9.83. The van der Waals surface area contributed by atoms with Gasteiger partial charge in [-0.1, -0.05) is 0 Å². The second-order valence-electron chi connectivity index (χ2n) is 3.77. The molecule has 0 aromatic heterocycles. The summed E-state index contributed by atoms with van der Waals surface area (Å²) in [5.41, 5.74) is 7.59. The minimum atomic E-state index is -0.935. The van der Waals surface area contributed by atoms with Crippen molar-refractivity contribution < 1.29 is 9.90 Å². The van der Waals surface area contributed by atoms with Crippen LogP contribution in [0.5, 0.6) is 0 Å². The number of aromatic carboxylic acids is 1. The average Bonchev–Trinajstić information content (AvgIpc) is 2.70. The Morgan fingerprint density at radius 1 is 1.33 bits per heavy atom. The maximum atomic E-state index is 10.7. The fourth-order valence-corrected chi connectivity index (χ4v) is 1.93. The summed E-state index contributed by atoms with van der Waals surface area (Å²) in [5, 5.41) is 8.80. The molecule has 1 aromatic carbocycles. The van der Waals surface area contributed by atoms with E-state index in [4.69, 9.17) is 10.8 Å². The Morgan fingerprint density at radius 3 is 2.53 bits per heavy atom. The third kappa shape index (κ3) is 1.88. The molecule has 2 rings (SSSR count). The number of nitrogens with two attached hydrogens (primary N) is 1. The molecule has 0 unspecified atom stereocenters. The first-order valence-corrected chi connectivity index (χ1v) is 5.06. The van der Waals surface area contributed by atoms with Crippen LogP contribution in [0.3, 0.4) is 0 Å². The fraction of sp³-hybridized carbons (Fsp3) is 0.364. The van der Waals surface area contributed by atoms with Crippen molar-refractivity contribution >= 4 is 17.3 Å². The first-order chi connectivity index (χ1) is 7.18. The third-order valence-electron chi connectivity index (χ3n) is 2.72. The zero-order valence-electron chi connectivity index (χ0n) is 8.44. The van der Waals surface area contributed by atoms with Crippen LogP contribution >= 0.6 is 0 Å². The van der Waals surface area contributed by atoms with E-state index in [1.807, 2.05) is 0 Å². The molecule has 1 aliphatic heterocycles. The SMILES string of the molecule is Nc1cc(C(=O)O)ccc1N1CCCC1. The average molecular weight is 206 g/mol. The Kier molecular flexibility index (Phi) is 2.49. The Morgan fingerprint density at radius 2 is 2.00 bits per heavy atom. The Hall–Kier alpha value is -1.71. The predicted octanol–water partition coefficient (Wildman–Crippen LogP) is 1.57. The van der Waals surface area contributed by atoms with Crippen molar-refractivity contribution in [2.24, 2.45) is 0 Å². The molecule has 0 bridgehead atoms. The smallest absolute Gasteiger partial charge is 0.335 e. The molecule has 1 fully saturated rings. The monoisotopic (exact) mass is 206 g/mol. The quantitative estimate of drug-likeness (QED) is 0.721. The number of nitrogens with zero attached hydrogens (tertiary/aromatic N) is 1. The van der Waals surface area contributed by atoms with Crippen molar-refractivity contribution in [3.8, 4) is 0 Å². The summed E-state index contributed by atoms with van der Waals surface area (Å²) in [6.45, 7) is 2.02. The van der Waals surface area contributed by atoms with Crippen LogP contribution in [-0.4, -0.2) is 24.2 Å².